The van der Waals surface area contributed by atoms with E-state index >= 15 is 0 Å². The average molecular weight is 404 g/mol. The van der Waals surface area contributed by atoms with Crippen molar-refractivity contribution in [3.05, 3.63) is 35.9 Å². The first-order valence-corrected chi connectivity index (χ1v) is 9.30. The third-order valence-electron chi connectivity index (χ3n) is 4.99. The number of β-lactam (4-membered cyclic amide) rings is 1. The summed E-state index contributed by atoms with van der Waals surface area (Å²) in [4.78, 5) is 29.4. The molecular weight excluding hydrogens is 387 g/mol. The van der Waals surface area contributed by atoms with Crippen LogP contribution in [0.3, 0.4) is 0 Å². The van der Waals surface area contributed by atoms with Crippen molar-refractivity contribution in [3.8, 4) is 0 Å². The second kappa shape index (κ2) is 7.51. The first-order valence-electron chi connectivity index (χ1n) is 7.75. The van der Waals surface area contributed by atoms with Crippen LogP contribution in [-0.4, -0.2) is 59.8 Å². The normalized spacial score (nSPS) is 32.3. The molecule has 11 heteroatoms. The van der Waals surface area contributed by atoms with Crippen molar-refractivity contribution in [2.45, 2.75) is 29.2 Å². The molecule has 0 saturated carbocycles. The zero-order chi connectivity index (χ0) is 19.3. The molecule has 0 aromatic heterocycles. The summed E-state index contributed by atoms with van der Waals surface area (Å²) in [6.07, 6.45) is -0.538. The Labute approximate surface area is 178 Å². The molecule has 1 N–H and O–H groups in total. The summed E-state index contributed by atoms with van der Waals surface area (Å²) >= 11 is 0. The zero-order valence-corrected chi connectivity index (χ0v) is 17.8. The van der Waals surface area contributed by atoms with Crippen LogP contribution < -0.4 is 34.7 Å². The number of hydrogen-bond acceptors (Lipinski definition) is 8. The minimum atomic E-state index is -4.23. The predicted molar refractivity (Wildman–Crippen MR) is 87.1 cm³/mol. The van der Waals surface area contributed by atoms with Crippen LogP contribution in [0.25, 0.3) is 0 Å². The van der Waals surface area contributed by atoms with Crippen molar-refractivity contribution >= 4 is 27.9 Å². The quantitative estimate of drug-likeness (QED) is 0.226. The van der Waals surface area contributed by atoms with E-state index in [1.807, 2.05) is 0 Å². The van der Waals surface area contributed by atoms with Crippen molar-refractivity contribution in [1.29, 1.82) is 0 Å². The Morgan fingerprint density at radius 3 is 2.52 bits per heavy atom. The number of nitrogens with zero attached hydrogens (tertiary/aromatic N) is 2. The number of aliphatic hydroxyl groups excluding tert-OH is 1. The number of fused-ring (bicyclic) bond motifs is 1. The number of carbonyl (C=O) groups is 2. The van der Waals surface area contributed by atoms with Gasteiger partial charge in [-0.2, -0.15) is 0 Å². The van der Waals surface area contributed by atoms with Crippen molar-refractivity contribution in [2.24, 2.45) is 11.1 Å². The minimum Gasteiger partial charge on any atom is -0.548 e. The largest absolute Gasteiger partial charge is 1.00 e. The third kappa shape index (κ3) is 2.99. The van der Waals surface area contributed by atoms with Crippen molar-refractivity contribution in [1.82, 2.24) is 4.90 Å². The van der Waals surface area contributed by atoms with Gasteiger partial charge in [0.2, 0.25) is 5.91 Å². The van der Waals surface area contributed by atoms with E-state index in [4.69, 9.17) is 0 Å². The van der Waals surface area contributed by atoms with Gasteiger partial charge in [0.25, 0.3) is 0 Å². The van der Waals surface area contributed by atoms with E-state index in [1.54, 1.807) is 30.3 Å². The number of oxime groups is 1. The molecule has 2 fully saturated rings. The number of carboxylic acid groups (broad SMARTS) is 1. The molecule has 2 aliphatic heterocycles. The fourth-order valence-electron chi connectivity index (χ4n) is 3.62. The van der Waals surface area contributed by atoms with E-state index in [0.717, 1.165) is 18.0 Å². The Balaban J connectivity index is 0.00000261. The summed E-state index contributed by atoms with van der Waals surface area (Å²) in [5.74, 6) is -3.79. The average Bonchev–Trinajstić information content (AvgIpc) is 2.76. The zero-order valence-electron chi connectivity index (χ0n) is 15.0. The van der Waals surface area contributed by atoms with Gasteiger partial charge >= 0.3 is 29.6 Å². The van der Waals surface area contributed by atoms with Crippen LogP contribution in [0.1, 0.15) is 18.6 Å². The van der Waals surface area contributed by atoms with E-state index in [0.29, 0.717) is 5.56 Å². The Morgan fingerprint density at radius 1 is 1.41 bits per heavy atom. The van der Waals surface area contributed by atoms with Gasteiger partial charge in [0.05, 0.1) is 24.3 Å². The summed E-state index contributed by atoms with van der Waals surface area (Å²) in [6, 6.07) is 6.35. The van der Waals surface area contributed by atoms with Gasteiger partial charge in [0.1, 0.15) is 23.1 Å². The summed E-state index contributed by atoms with van der Waals surface area (Å²) < 4.78 is 24.1. The monoisotopic (exact) mass is 404 g/mol. The third-order valence-corrected chi connectivity index (χ3v) is 7.70. The molecule has 0 radical (unpaired) electrons. The van der Waals surface area contributed by atoms with E-state index in [1.165, 1.54) is 7.11 Å². The number of carboxylic acids is 1. The van der Waals surface area contributed by atoms with Crippen molar-refractivity contribution in [2.75, 3.05) is 7.11 Å². The Bertz CT molecular complexity index is 876. The van der Waals surface area contributed by atoms with Gasteiger partial charge in [-0.25, -0.2) is 8.42 Å². The molecule has 1 aromatic rings. The van der Waals surface area contributed by atoms with Crippen LogP contribution in [0.5, 0.6) is 0 Å². The molecule has 0 spiro atoms. The molecule has 27 heavy (non-hydrogen) atoms. The first kappa shape index (κ1) is 21.8. The molecule has 9 nitrogen and oxygen atoms in total. The molecule has 1 aromatic carbocycles. The number of amides is 1. The van der Waals surface area contributed by atoms with Crippen LogP contribution in [0.15, 0.2) is 35.5 Å². The maximum atomic E-state index is 13.0. The summed E-state index contributed by atoms with van der Waals surface area (Å²) in [6.45, 7) is 1.14. The number of carbonyl (C=O) groups excluding carboxylic acids is 2. The molecular formula is C16H17N2NaO7S. The number of aliphatic carboxylic acids is 1. The maximum Gasteiger partial charge on any atom is 1.00 e. The smallest absolute Gasteiger partial charge is 0.548 e. The Kier molecular flexibility index (Phi) is 6.08. The number of hydrogen-bond donors (Lipinski definition) is 1. The fraction of sp³-hybridized carbons (Fsp3) is 0.438. The molecule has 1 amide bonds. The molecule has 140 valence electrons. The summed E-state index contributed by atoms with van der Waals surface area (Å²) in [5, 5.41) is 24.1. The van der Waals surface area contributed by atoms with E-state index in [9.17, 15) is 28.2 Å². The van der Waals surface area contributed by atoms with Gasteiger partial charge < -0.3 is 24.7 Å². The van der Waals surface area contributed by atoms with Gasteiger partial charge in [-0.3, -0.25) is 4.79 Å². The van der Waals surface area contributed by atoms with Gasteiger partial charge in [0.15, 0.2) is 9.84 Å². The maximum absolute atomic E-state index is 13.0. The van der Waals surface area contributed by atoms with E-state index < -0.39 is 49.9 Å². The molecule has 2 heterocycles. The topological polar surface area (TPSA) is 136 Å². The van der Waals surface area contributed by atoms with Crippen LogP contribution in [0, 0.1) is 5.92 Å². The second-order valence-electron chi connectivity index (χ2n) is 6.38. The molecule has 3 rings (SSSR count). The second-order valence-corrected chi connectivity index (χ2v) is 8.84. The van der Waals surface area contributed by atoms with E-state index in [2.05, 4.69) is 9.99 Å². The number of sulfone groups is 1. The molecule has 5 atom stereocenters. The number of benzene rings is 1. The molecule has 0 bridgehead atoms. The van der Waals surface area contributed by atoms with Gasteiger partial charge in [-0.05, 0) is 12.5 Å². The molecule has 2 aliphatic rings. The minimum absolute atomic E-state index is 0. The number of rotatable bonds is 5. The van der Waals surface area contributed by atoms with Crippen LogP contribution in [-0.2, 0) is 24.3 Å². The standard InChI is InChI=1S/C16H18N2O7S.Na/c1-16(8-17-25-2)12(15(21)22)18-13(20)10(14(18)26(16,23)24)11(19)9-6-4-3-5-7-9;/h3-8,10-12,14,19H,1-2H3,(H,21,22);/q;+1/p-1/b17-8+;/t10-,11+,12+,14-,16+;/m1./s1. The summed E-state index contributed by atoms with van der Waals surface area (Å²) in [7, 11) is -3.06. The van der Waals surface area contributed by atoms with Gasteiger partial charge in [-0.1, -0.05) is 35.5 Å². The Morgan fingerprint density at radius 2 is 2.00 bits per heavy atom. The van der Waals surface area contributed by atoms with Crippen molar-refractivity contribution < 1.29 is 62.6 Å². The first-order chi connectivity index (χ1) is 12.2. The molecule has 0 unspecified atom stereocenters. The van der Waals surface area contributed by atoms with Crippen LogP contribution >= 0.6 is 0 Å². The Hall–Kier alpha value is -1.46. The van der Waals surface area contributed by atoms with Crippen molar-refractivity contribution in [3.63, 3.8) is 0 Å². The predicted octanol–water partition coefficient (Wildman–Crippen LogP) is -4.55. The van der Waals surface area contributed by atoms with Gasteiger partial charge in [0, 0.05) is 0 Å². The van der Waals surface area contributed by atoms with Crippen LogP contribution in [0.4, 0.5) is 0 Å². The fourth-order valence-corrected chi connectivity index (χ4v) is 6.02. The number of aliphatic hydroxyl groups is 1. The van der Waals surface area contributed by atoms with Crippen LogP contribution in [0.2, 0.25) is 0 Å². The summed E-state index contributed by atoms with van der Waals surface area (Å²) in [5.41, 5.74) is 0.366. The SMILES string of the molecule is CO/N=C/[C@@]1(C)[C@H](C(=O)[O-])N2C(=O)[C@@H]([C@@H](O)c3ccccc3)[C@H]2S1(=O)=O.[Na+]. The van der Waals surface area contributed by atoms with Gasteiger partial charge in [-0.15, -0.1) is 0 Å². The molecule has 0 aliphatic carbocycles. The van der Waals surface area contributed by atoms with E-state index in [-0.39, 0.29) is 29.6 Å². The molecule has 2 saturated heterocycles.